The van der Waals surface area contributed by atoms with E-state index in [4.69, 9.17) is 0 Å². The maximum absolute atomic E-state index is 10.6. The molecule has 3 rings (SSSR count). The highest BCUT2D eigenvalue weighted by Gasteiger charge is 2.35. The van der Waals surface area contributed by atoms with Gasteiger partial charge in [0.1, 0.15) is 0 Å². The van der Waals surface area contributed by atoms with Gasteiger partial charge in [-0.05, 0) is 40.5 Å². The van der Waals surface area contributed by atoms with Gasteiger partial charge < -0.3 is 5.11 Å². The first-order valence-corrected chi connectivity index (χ1v) is 7.71. The number of aliphatic hydroxyl groups is 1. The molecule has 0 unspecified atom stereocenters. The number of rotatable bonds is 3. The zero-order valence-corrected chi connectivity index (χ0v) is 12.7. The molecule has 0 amide bonds. The molecule has 0 aliphatic heterocycles. The quantitative estimate of drug-likeness (QED) is 0.867. The van der Waals surface area contributed by atoms with E-state index in [0.29, 0.717) is 11.8 Å². The Labute approximate surface area is 127 Å². The Morgan fingerprint density at radius 2 is 1.29 bits per heavy atom. The van der Waals surface area contributed by atoms with Gasteiger partial charge in [0, 0.05) is 0 Å². The lowest BCUT2D eigenvalue weighted by molar-refractivity contribution is 0.208. The predicted molar refractivity (Wildman–Crippen MR) is 88.6 cm³/mol. The highest BCUT2D eigenvalue weighted by Crippen LogP contribution is 2.46. The van der Waals surface area contributed by atoms with Crippen LogP contribution in [0.5, 0.6) is 0 Å². The summed E-state index contributed by atoms with van der Waals surface area (Å²) in [4.78, 5) is 0. The number of aliphatic hydroxyl groups excluding tert-OH is 1. The average Bonchev–Trinajstić information content (AvgIpc) is 2.87. The molecule has 0 saturated heterocycles. The van der Waals surface area contributed by atoms with Crippen LogP contribution in [0.3, 0.4) is 0 Å². The molecule has 0 spiro atoms. The minimum absolute atomic E-state index is 0.366. The van der Waals surface area contributed by atoms with Crippen molar-refractivity contribution in [2.45, 2.75) is 26.4 Å². The average molecular weight is 278 g/mol. The second kappa shape index (κ2) is 5.87. The number of hydrogen-bond acceptors (Lipinski definition) is 1. The second-order valence-corrected chi connectivity index (χ2v) is 6.16. The van der Waals surface area contributed by atoms with Crippen molar-refractivity contribution in [1.29, 1.82) is 0 Å². The molecule has 1 heteroatoms. The first-order valence-electron chi connectivity index (χ1n) is 7.71. The number of allylic oxidation sites excluding steroid dienone is 1. The fourth-order valence-electron chi connectivity index (χ4n) is 3.41. The summed E-state index contributed by atoms with van der Waals surface area (Å²) in [5.41, 5.74) is 4.82. The third-order valence-electron chi connectivity index (χ3n) is 4.45. The molecule has 0 fully saturated rings. The van der Waals surface area contributed by atoms with E-state index in [2.05, 4.69) is 50.2 Å². The van der Waals surface area contributed by atoms with Gasteiger partial charge >= 0.3 is 0 Å². The van der Waals surface area contributed by atoms with Crippen LogP contribution >= 0.6 is 0 Å². The molecular formula is C20H22O. The van der Waals surface area contributed by atoms with E-state index in [1.54, 1.807) is 0 Å². The first-order chi connectivity index (χ1) is 10.2. The molecule has 108 valence electrons. The third kappa shape index (κ3) is 2.66. The van der Waals surface area contributed by atoms with Gasteiger partial charge in [-0.25, -0.2) is 0 Å². The minimum atomic E-state index is -0.366. The first kappa shape index (κ1) is 14.1. The van der Waals surface area contributed by atoms with Crippen molar-refractivity contribution in [3.8, 4) is 0 Å². The Hall–Kier alpha value is -1.86. The highest BCUT2D eigenvalue weighted by atomic mass is 16.3. The summed E-state index contributed by atoms with van der Waals surface area (Å²) < 4.78 is 0. The Balaban J connectivity index is 2.19. The molecule has 0 bridgehead atoms. The summed E-state index contributed by atoms with van der Waals surface area (Å²) in [6, 6.07) is 20.8. The summed E-state index contributed by atoms with van der Waals surface area (Å²) in [6.45, 7) is 4.49. The third-order valence-corrected chi connectivity index (χ3v) is 4.45. The largest absolute Gasteiger partial charge is 0.388 e. The standard InChI is InChI=1S/C20H22O/c1-14(2)17-13-18(21)20(16-11-7-4-8-12-16)19(17)15-9-5-3-6-10-15/h3-12,14,17-18,21H,13H2,1-2H3/t17-,18-/m1/s1. The van der Waals surface area contributed by atoms with Crippen LogP contribution in [0.4, 0.5) is 0 Å². The van der Waals surface area contributed by atoms with Gasteiger partial charge in [-0.3, -0.25) is 0 Å². The number of hydrogen-bond donors (Lipinski definition) is 1. The van der Waals surface area contributed by atoms with Crippen molar-refractivity contribution in [1.82, 2.24) is 0 Å². The van der Waals surface area contributed by atoms with Crippen LogP contribution in [0.2, 0.25) is 0 Å². The Kier molecular flexibility index (Phi) is 3.94. The van der Waals surface area contributed by atoms with E-state index in [-0.39, 0.29) is 6.10 Å². The fourth-order valence-corrected chi connectivity index (χ4v) is 3.41. The van der Waals surface area contributed by atoms with Crippen LogP contribution in [0.25, 0.3) is 11.1 Å². The topological polar surface area (TPSA) is 20.2 Å². The Morgan fingerprint density at radius 1 is 0.810 bits per heavy atom. The van der Waals surface area contributed by atoms with Crippen molar-refractivity contribution in [2.24, 2.45) is 11.8 Å². The summed E-state index contributed by atoms with van der Waals surface area (Å²) in [6.07, 6.45) is 0.460. The van der Waals surface area contributed by atoms with Crippen LogP contribution in [0.1, 0.15) is 31.4 Å². The molecule has 1 aliphatic carbocycles. The smallest absolute Gasteiger partial charge is 0.0804 e. The minimum Gasteiger partial charge on any atom is -0.388 e. The normalized spacial score (nSPS) is 22.1. The zero-order valence-electron chi connectivity index (χ0n) is 12.7. The zero-order chi connectivity index (χ0) is 14.8. The SMILES string of the molecule is CC(C)[C@H]1C[C@@H](O)C(c2ccccc2)=C1c1ccccc1. The molecule has 21 heavy (non-hydrogen) atoms. The van der Waals surface area contributed by atoms with E-state index >= 15 is 0 Å². The molecule has 2 atom stereocenters. The predicted octanol–water partition coefficient (Wildman–Crippen LogP) is 4.63. The lowest BCUT2D eigenvalue weighted by atomic mass is 9.84. The van der Waals surface area contributed by atoms with Crippen LogP contribution in [0.15, 0.2) is 60.7 Å². The van der Waals surface area contributed by atoms with Gasteiger partial charge in [-0.15, -0.1) is 0 Å². The van der Waals surface area contributed by atoms with Gasteiger partial charge in [-0.1, -0.05) is 74.5 Å². The molecule has 0 saturated carbocycles. The maximum atomic E-state index is 10.6. The van der Waals surface area contributed by atoms with Gasteiger partial charge in [0.05, 0.1) is 6.10 Å². The van der Waals surface area contributed by atoms with Gasteiger partial charge in [-0.2, -0.15) is 0 Å². The maximum Gasteiger partial charge on any atom is 0.0804 e. The van der Waals surface area contributed by atoms with Crippen molar-refractivity contribution in [3.63, 3.8) is 0 Å². The van der Waals surface area contributed by atoms with Gasteiger partial charge in [0.2, 0.25) is 0 Å². The Bertz CT molecular complexity index is 625. The molecule has 0 aromatic heterocycles. The Morgan fingerprint density at radius 3 is 1.76 bits per heavy atom. The van der Waals surface area contributed by atoms with Crippen molar-refractivity contribution >= 4 is 11.1 Å². The van der Waals surface area contributed by atoms with E-state index in [0.717, 1.165) is 17.6 Å². The fraction of sp³-hybridized carbons (Fsp3) is 0.300. The van der Waals surface area contributed by atoms with Crippen LogP contribution in [0, 0.1) is 11.8 Å². The van der Waals surface area contributed by atoms with Crippen LogP contribution in [-0.4, -0.2) is 11.2 Å². The molecular weight excluding hydrogens is 256 g/mol. The van der Waals surface area contributed by atoms with Crippen LogP contribution < -0.4 is 0 Å². The molecule has 0 radical (unpaired) electrons. The molecule has 2 aromatic carbocycles. The molecule has 1 aliphatic rings. The van der Waals surface area contributed by atoms with Gasteiger partial charge in [0.25, 0.3) is 0 Å². The molecule has 1 nitrogen and oxygen atoms in total. The lowest BCUT2D eigenvalue weighted by Gasteiger charge is -2.19. The molecule has 2 aromatic rings. The summed E-state index contributed by atoms with van der Waals surface area (Å²) in [5.74, 6) is 0.939. The van der Waals surface area contributed by atoms with E-state index in [1.807, 2.05) is 24.3 Å². The van der Waals surface area contributed by atoms with E-state index in [9.17, 15) is 5.11 Å². The highest BCUT2D eigenvalue weighted by molar-refractivity contribution is 5.96. The molecule has 0 heterocycles. The van der Waals surface area contributed by atoms with Crippen LogP contribution in [-0.2, 0) is 0 Å². The molecule has 1 N–H and O–H groups in total. The van der Waals surface area contributed by atoms with E-state index in [1.165, 1.54) is 11.1 Å². The number of benzene rings is 2. The summed E-state index contributed by atoms with van der Waals surface area (Å²) >= 11 is 0. The van der Waals surface area contributed by atoms with E-state index < -0.39 is 0 Å². The van der Waals surface area contributed by atoms with Gasteiger partial charge in [0.15, 0.2) is 0 Å². The van der Waals surface area contributed by atoms with Crippen molar-refractivity contribution in [2.75, 3.05) is 0 Å². The monoisotopic (exact) mass is 278 g/mol. The summed E-state index contributed by atoms with van der Waals surface area (Å²) in [7, 11) is 0. The van der Waals surface area contributed by atoms with Crippen molar-refractivity contribution < 1.29 is 5.11 Å². The second-order valence-electron chi connectivity index (χ2n) is 6.16. The summed E-state index contributed by atoms with van der Waals surface area (Å²) in [5, 5.41) is 10.6. The lowest BCUT2D eigenvalue weighted by Crippen LogP contribution is -2.10. The van der Waals surface area contributed by atoms with Crippen molar-refractivity contribution in [3.05, 3.63) is 71.8 Å².